The van der Waals surface area contributed by atoms with Crippen LogP contribution in [0.25, 0.3) is 11.3 Å². The zero-order valence-corrected chi connectivity index (χ0v) is 22.9. The Morgan fingerprint density at radius 3 is 2.56 bits per heavy atom. The fraction of sp³-hybridized carbons (Fsp3) is 0.571. The van der Waals surface area contributed by atoms with Gasteiger partial charge in [-0.05, 0) is 37.9 Å². The summed E-state index contributed by atoms with van der Waals surface area (Å²) >= 11 is 1.62. The van der Waals surface area contributed by atoms with Crippen LogP contribution in [0.1, 0.15) is 36.0 Å². The molecule has 4 aliphatic rings. The van der Waals surface area contributed by atoms with Crippen LogP contribution in [0.4, 0.5) is 9.52 Å². The van der Waals surface area contributed by atoms with Crippen molar-refractivity contribution >= 4 is 34.1 Å². The number of ketones is 1. The zero-order chi connectivity index (χ0) is 27.1. The molecule has 0 unspecified atom stereocenters. The average molecular weight is 556 g/mol. The van der Waals surface area contributed by atoms with E-state index in [4.69, 9.17) is 9.72 Å². The second-order valence-electron chi connectivity index (χ2n) is 11.1. The molecule has 9 nitrogen and oxygen atoms in total. The first-order valence-electron chi connectivity index (χ1n) is 13.8. The quantitative estimate of drug-likeness (QED) is 0.585. The number of hydrogen-bond donors (Lipinski definition) is 1. The van der Waals surface area contributed by atoms with Crippen molar-refractivity contribution in [1.29, 1.82) is 0 Å². The topological polar surface area (TPSA) is 95.1 Å². The summed E-state index contributed by atoms with van der Waals surface area (Å²) in [6.45, 7) is 3.57. The van der Waals surface area contributed by atoms with Gasteiger partial charge >= 0.3 is 0 Å². The third kappa shape index (κ3) is 5.19. The molecule has 0 spiro atoms. The number of halogens is 1. The van der Waals surface area contributed by atoms with E-state index >= 15 is 0 Å². The number of likely N-dealkylation sites (tertiary alicyclic amines) is 1. The lowest BCUT2D eigenvalue weighted by Gasteiger charge is -2.32. The first-order chi connectivity index (χ1) is 18.9. The van der Waals surface area contributed by atoms with E-state index in [1.54, 1.807) is 23.5 Å². The summed E-state index contributed by atoms with van der Waals surface area (Å²) in [6, 6.07) is 5.53. The fourth-order valence-electron chi connectivity index (χ4n) is 6.23. The Labute approximate surface area is 231 Å². The molecule has 4 fully saturated rings. The number of benzene rings is 1. The highest BCUT2D eigenvalue weighted by Crippen LogP contribution is 2.34. The fourth-order valence-corrected chi connectivity index (χ4v) is 7.12. The maximum atomic E-state index is 14.6. The first-order valence-corrected chi connectivity index (χ1v) is 14.7. The largest absolute Gasteiger partial charge is 0.365 e. The maximum Gasteiger partial charge on any atom is 0.251 e. The number of amides is 2. The van der Waals surface area contributed by atoms with Crippen molar-refractivity contribution in [2.45, 2.75) is 50.0 Å². The number of rotatable bonds is 6. The summed E-state index contributed by atoms with van der Waals surface area (Å²) in [6.07, 6.45) is 1.25. The second kappa shape index (κ2) is 10.9. The highest BCUT2D eigenvalue weighted by atomic mass is 32.1. The maximum absolute atomic E-state index is 14.6. The van der Waals surface area contributed by atoms with Gasteiger partial charge in [0.15, 0.2) is 10.9 Å². The smallest absolute Gasteiger partial charge is 0.251 e. The number of nitrogens with one attached hydrogen (secondary N) is 1. The Balaban J connectivity index is 1.15. The summed E-state index contributed by atoms with van der Waals surface area (Å²) in [5, 5.41) is 5.98. The van der Waals surface area contributed by atoms with Crippen molar-refractivity contribution in [3.05, 3.63) is 35.2 Å². The number of hydrogen-bond acceptors (Lipinski definition) is 8. The average Bonchev–Trinajstić information content (AvgIpc) is 3.75. The minimum absolute atomic E-state index is 0.0433. The third-order valence-electron chi connectivity index (χ3n) is 8.54. The zero-order valence-electron chi connectivity index (χ0n) is 22.1. The molecule has 0 radical (unpaired) electrons. The number of alkyl halides is 1. The van der Waals surface area contributed by atoms with Crippen LogP contribution in [0.15, 0.2) is 29.6 Å². The molecular formula is C28H34FN5O4S. The third-order valence-corrected chi connectivity index (χ3v) is 9.44. The van der Waals surface area contributed by atoms with Crippen LogP contribution in [0, 0.1) is 5.92 Å². The van der Waals surface area contributed by atoms with Gasteiger partial charge in [0.1, 0.15) is 31.0 Å². The molecule has 2 amide bonds. The molecule has 11 heteroatoms. The van der Waals surface area contributed by atoms with E-state index in [0.29, 0.717) is 5.56 Å². The summed E-state index contributed by atoms with van der Waals surface area (Å²) in [5.74, 6) is -1.07. The summed E-state index contributed by atoms with van der Waals surface area (Å²) in [4.78, 5) is 50.1. The van der Waals surface area contributed by atoms with E-state index in [9.17, 15) is 18.8 Å². The lowest BCUT2D eigenvalue weighted by molar-refractivity contribution is -0.139. The number of piperazine rings is 1. The molecule has 3 saturated heterocycles. The Bertz CT molecular complexity index is 1220. The van der Waals surface area contributed by atoms with Crippen molar-refractivity contribution in [2.75, 3.05) is 51.3 Å². The van der Waals surface area contributed by atoms with Crippen LogP contribution in [-0.4, -0.2) is 103 Å². The second-order valence-corrected chi connectivity index (χ2v) is 11.9. The van der Waals surface area contributed by atoms with E-state index in [2.05, 4.69) is 22.2 Å². The van der Waals surface area contributed by atoms with E-state index in [0.717, 1.165) is 68.3 Å². The molecule has 3 aliphatic heterocycles. The number of fused-ring (bicyclic) bond motifs is 1. The molecule has 208 valence electrons. The molecule has 1 aromatic carbocycles. The molecule has 4 heterocycles. The van der Waals surface area contributed by atoms with Crippen molar-refractivity contribution < 1.29 is 23.5 Å². The van der Waals surface area contributed by atoms with Gasteiger partial charge in [0.2, 0.25) is 5.91 Å². The molecule has 39 heavy (non-hydrogen) atoms. The number of aromatic nitrogens is 1. The van der Waals surface area contributed by atoms with Crippen molar-refractivity contribution in [3.8, 4) is 11.3 Å². The van der Waals surface area contributed by atoms with Gasteiger partial charge in [-0.1, -0.05) is 25.0 Å². The molecule has 6 rings (SSSR count). The number of anilines is 1. The number of carbonyl (C=O) groups excluding carboxylic acids is 3. The highest BCUT2D eigenvalue weighted by Gasteiger charge is 2.54. The Hall–Kier alpha value is -2.89. The Kier molecular flexibility index (Phi) is 7.39. The van der Waals surface area contributed by atoms with Crippen LogP contribution in [0.3, 0.4) is 0 Å². The number of likely N-dealkylation sites (N-methyl/N-ethyl adjacent to an activating group) is 1. The van der Waals surface area contributed by atoms with Crippen LogP contribution < -0.4 is 10.2 Å². The van der Waals surface area contributed by atoms with Gasteiger partial charge in [0.25, 0.3) is 5.91 Å². The van der Waals surface area contributed by atoms with E-state index in [1.165, 1.54) is 4.90 Å². The van der Waals surface area contributed by atoms with E-state index < -0.39 is 24.4 Å². The predicted octanol–water partition coefficient (Wildman–Crippen LogP) is 2.37. The van der Waals surface area contributed by atoms with E-state index in [1.807, 2.05) is 17.5 Å². The predicted molar refractivity (Wildman–Crippen MR) is 146 cm³/mol. The lowest BCUT2D eigenvalue weighted by Crippen LogP contribution is -2.54. The van der Waals surface area contributed by atoms with Crippen LogP contribution in [-0.2, 0) is 14.3 Å². The summed E-state index contributed by atoms with van der Waals surface area (Å²) in [5.41, 5.74) is 2.23. The Morgan fingerprint density at radius 1 is 1.13 bits per heavy atom. The van der Waals surface area contributed by atoms with Crippen molar-refractivity contribution in [1.82, 2.24) is 20.1 Å². The number of Topliss-reactive ketones (excluding diaryl/α,β-unsaturated/α-hetero) is 1. The van der Waals surface area contributed by atoms with Gasteiger partial charge in [-0.2, -0.15) is 0 Å². The standard InChI is InChI=1S/C28H34FN5O4S/c1-32-10-12-33(13-11-32)28-30-21(16-39-28)17-6-8-19(9-7-17)26(36)31-23(18-4-2-3-5-18)27(37)34-14-20(29)25-24(34)22(35)15-38-25/h6-9,16,18,20,23-25H,2-5,10-15H2,1H3,(H,31,36)/t20-,23-,24+,25+/m0/s1. The van der Waals surface area contributed by atoms with E-state index in [-0.39, 0.29) is 36.7 Å². The number of nitrogens with zero attached hydrogens (tertiary/aromatic N) is 4. The molecule has 4 atom stereocenters. The molecule has 1 aromatic heterocycles. The van der Waals surface area contributed by atoms with Gasteiger partial charge < -0.3 is 24.8 Å². The number of thiazole rings is 1. The van der Waals surface area contributed by atoms with Crippen LogP contribution >= 0.6 is 11.3 Å². The number of carbonyl (C=O) groups is 3. The Morgan fingerprint density at radius 2 is 1.85 bits per heavy atom. The van der Waals surface area contributed by atoms with Gasteiger partial charge in [-0.25, -0.2) is 9.37 Å². The van der Waals surface area contributed by atoms with Gasteiger partial charge in [0, 0.05) is 42.7 Å². The lowest BCUT2D eigenvalue weighted by atomic mass is 9.95. The highest BCUT2D eigenvalue weighted by molar-refractivity contribution is 7.14. The first kappa shape index (κ1) is 26.3. The van der Waals surface area contributed by atoms with Gasteiger partial charge in [0.05, 0.1) is 12.2 Å². The normalized spacial score (nSPS) is 26.7. The SMILES string of the molecule is CN1CCN(c2nc(-c3ccc(C(=O)N[C@H](C(=O)N4C[C@H](F)[C@H]5OCC(=O)[C@H]54)C4CCCC4)cc3)cs2)CC1. The molecule has 2 aromatic rings. The van der Waals surface area contributed by atoms with Crippen molar-refractivity contribution in [2.24, 2.45) is 5.92 Å². The number of ether oxygens (including phenoxy) is 1. The molecule has 1 aliphatic carbocycles. The van der Waals surface area contributed by atoms with Gasteiger partial charge in [-0.3, -0.25) is 14.4 Å². The summed E-state index contributed by atoms with van der Waals surface area (Å²) < 4.78 is 19.9. The van der Waals surface area contributed by atoms with Gasteiger partial charge in [-0.15, -0.1) is 11.3 Å². The summed E-state index contributed by atoms with van der Waals surface area (Å²) in [7, 11) is 2.13. The molecule has 0 bridgehead atoms. The van der Waals surface area contributed by atoms with Crippen LogP contribution in [0.2, 0.25) is 0 Å². The molecule has 1 N–H and O–H groups in total. The minimum Gasteiger partial charge on any atom is -0.365 e. The van der Waals surface area contributed by atoms with Crippen LogP contribution in [0.5, 0.6) is 0 Å². The minimum atomic E-state index is -1.40. The molecule has 1 saturated carbocycles. The van der Waals surface area contributed by atoms with Crippen molar-refractivity contribution in [3.63, 3.8) is 0 Å². The monoisotopic (exact) mass is 555 g/mol. The molecular weight excluding hydrogens is 521 g/mol.